The van der Waals surface area contributed by atoms with Crippen molar-refractivity contribution in [3.63, 3.8) is 0 Å². The second kappa shape index (κ2) is 7.32. The average Bonchev–Trinajstić information content (AvgIpc) is 2.36. The minimum atomic E-state index is -0.555. The first kappa shape index (κ1) is 14.9. The van der Waals surface area contributed by atoms with Gasteiger partial charge in [0.05, 0.1) is 11.5 Å². The van der Waals surface area contributed by atoms with Gasteiger partial charge in [0.25, 0.3) is 5.91 Å². The molecule has 1 N–H and O–H groups in total. The van der Waals surface area contributed by atoms with E-state index in [2.05, 4.69) is 5.32 Å². The van der Waals surface area contributed by atoms with Crippen molar-refractivity contribution in [2.45, 2.75) is 13.0 Å². The summed E-state index contributed by atoms with van der Waals surface area (Å²) in [4.78, 5) is 21.7. The number of methoxy groups -OCH3 is 1. The normalized spacial score (nSPS) is 11.7. The predicted molar refractivity (Wildman–Crippen MR) is 68.1 cm³/mol. The summed E-state index contributed by atoms with van der Waals surface area (Å²) in [6, 6.07) is 5.76. The molecule has 0 fully saturated rings. The molecule has 0 radical (unpaired) electrons. The van der Waals surface area contributed by atoms with Crippen molar-refractivity contribution < 1.29 is 19.2 Å². The zero-order valence-electron chi connectivity index (χ0n) is 10.8. The number of nitro benzene ring substituents is 1. The second-order valence-electron chi connectivity index (χ2n) is 3.94. The van der Waals surface area contributed by atoms with E-state index < -0.39 is 4.92 Å². The molecule has 1 atom stereocenters. The number of benzene rings is 1. The van der Waals surface area contributed by atoms with Gasteiger partial charge >= 0.3 is 5.69 Å². The molecule has 0 aromatic heterocycles. The van der Waals surface area contributed by atoms with Crippen molar-refractivity contribution in [1.29, 1.82) is 0 Å². The van der Waals surface area contributed by atoms with Gasteiger partial charge in [0.2, 0.25) is 0 Å². The Labute approximate surface area is 110 Å². The van der Waals surface area contributed by atoms with Gasteiger partial charge in [0.15, 0.2) is 12.4 Å². The van der Waals surface area contributed by atoms with Crippen LogP contribution in [0.2, 0.25) is 0 Å². The van der Waals surface area contributed by atoms with Crippen LogP contribution >= 0.6 is 0 Å². The molecule has 0 heterocycles. The van der Waals surface area contributed by atoms with Gasteiger partial charge < -0.3 is 14.8 Å². The van der Waals surface area contributed by atoms with E-state index in [0.29, 0.717) is 6.61 Å². The summed E-state index contributed by atoms with van der Waals surface area (Å²) in [5.74, 6) is -0.287. The molecule has 1 rings (SSSR count). The lowest BCUT2D eigenvalue weighted by atomic mass is 10.3. The van der Waals surface area contributed by atoms with Crippen LogP contribution in [0.3, 0.4) is 0 Å². The smallest absolute Gasteiger partial charge is 0.310 e. The Balaban J connectivity index is 2.53. The standard InChI is InChI=1S/C12H16N2O5/c1-9(7-18-2)13-12(15)8-19-11-6-4-3-5-10(11)14(16)17/h3-6,9H,7-8H2,1-2H3,(H,13,15)/t9-/m0/s1. The number of ether oxygens (including phenoxy) is 2. The Hall–Kier alpha value is -2.15. The number of amides is 1. The number of nitrogens with zero attached hydrogens (tertiary/aromatic N) is 1. The van der Waals surface area contributed by atoms with Gasteiger partial charge in [-0.05, 0) is 13.0 Å². The first-order valence-electron chi connectivity index (χ1n) is 5.69. The summed E-state index contributed by atoms with van der Waals surface area (Å²) >= 11 is 0. The third-order valence-corrected chi connectivity index (χ3v) is 2.24. The Bertz CT molecular complexity index is 450. The summed E-state index contributed by atoms with van der Waals surface area (Å²) < 4.78 is 10.0. The van der Waals surface area contributed by atoms with Gasteiger partial charge in [-0.2, -0.15) is 0 Å². The molecule has 0 saturated heterocycles. The Kier molecular flexibility index (Phi) is 5.74. The van der Waals surface area contributed by atoms with Gasteiger partial charge in [0, 0.05) is 19.2 Å². The lowest BCUT2D eigenvalue weighted by molar-refractivity contribution is -0.385. The number of hydrogen-bond donors (Lipinski definition) is 1. The molecule has 104 valence electrons. The van der Waals surface area contributed by atoms with E-state index in [1.165, 1.54) is 25.3 Å². The number of para-hydroxylation sites is 2. The van der Waals surface area contributed by atoms with Crippen molar-refractivity contribution in [2.24, 2.45) is 0 Å². The average molecular weight is 268 g/mol. The monoisotopic (exact) mass is 268 g/mol. The maximum Gasteiger partial charge on any atom is 0.310 e. The molecule has 1 aromatic carbocycles. The van der Waals surface area contributed by atoms with Gasteiger partial charge in [0.1, 0.15) is 0 Å². The summed E-state index contributed by atoms with van der Waals surface area (Å²) in [5, 5.41) is 13.4. The fourth-order valence-electron chi connectivity index (χ4n) is 1.48. The zero-order chi connectivity index (χ0) is 14.3. The lowest BCUT2D eigenvalue weighted by Gasteiger charge is -2.13. The number of rotatable bonds is 7. The second-order valence-corrected chi connectivity index (χ2v) is 3.94. The number of carbonyl (C=O) groups is 1. The van der Waals surface area contributed by atoms with E-state index in [9.17, 15) is 14.9 Å². The topological polar surface area (TPSA) is 90.7 Å². The molecule has 0 aliphatic heterocycles. The van der Waals surface area contributed by atoms with E-state index in [-0.39, 0.29) is 30.0 Å². The number of hydrogen-bond acceptors (Lipinski definition) is 5. The molecule has 0 aliphatic rings. The number of nitrogens with one attached hydrogen (secondary N) is 1. The minimum absolute atomic E-state index is 0.0713. The Morgan fingerprint density at radius 3 is 2.79 bits per heavy atom. The molecule has 0 bridgehead atoms. The molecule has 0 aliphatic carbocycles. The highest BCUT2D eigenvalue weighted by Gasteiger charge is 2.15. The van der Waals surface area contributed by atoms with Crippen LogP contribution in [-0.2, 0) is 9.53 Å². The third kappa shape index (κ3) is 4.92. The van der Waals surface area contributed by atoms with Crippen LogP contribution in [0.1, 0.15) is 6.92 Å². The zero-order valence-corrected chi connectivity index (χ0v) is 10.8. The van der Waals surface area contributed by atoms with E-state index in [1.54, 1.807) is 13.0 Å². The molecular formula is C12H16N2O5. The Morgan fingerprint density at radius 2 is 2.16 bits per heavy atom. The van der Waals surface area contributed by atoms with E-state index in [0.717, 1.165) is 0 Å². The summed E-state index contributed by atoms with van der Waals surface area (Å²) in [6.07, 6.45) is 0. The van der Waals surface area contributed by atoms with Crippen LogP contribution < -0.4 is 10.1 Å². The fraction of sp³-hybridized carbons (Fsp3) is 0.417. The van der Waals surface area contributed by atoms with Crippen molar-refractivity contribution in [1.82, 2.24) is 5.32 Å². The maximum absolute atomic E-state index is 11.5. The van der Waals surface area contributed by atoms with Crippen molar-refractivity contribution in [3.8, 4) is 5.75 Å². The van der Waals surface area contributed by atoms with Crippen LogP contribution in [-0.4, -0.2) is 37.2 Å². The van der Waals surface area contributed by atoms with E-state index in [4.69, 9.17) is 9.47 Å². The molecule has 1 aromatic rings. The van der Waals surface area contributed by atoms with Crippen molar-refractivity contribution in [3.05, 3.63) is 34.4 Å². The molecule has 7 heteroatoms. The number of carbonyl (C=O) groups excluding carboxylic acids is 1. The van der Waals surface area contributed by atoms with Gasteiger partial charge in [-0.15, -0.1) is 0 Å². The Morgan fingerprint density at radius 1 is 1.47 bits per heavy atom. The van der Waals surface area contributed by atoms with Crippen LogP contribution in [0, 0.1) is 10.1 Å². The summed E-state index contributed by atoms with van der Waals surface area (Å²) in [7, 11) is 1.53. The fourth-order valence-corrected chi connectivity index (χ4v) is 1.48. The van der Waals surface area contributed by atoms with E-state index >= 15 is 0 Å². The summed E-state index contributed by atoms with van der Waals surface area (Å²) in [5.41, 5.74) is -0.166. The molecule has 0 saturated carbocycles. The lowest BCUT2D eigenvalue weighted by Crippen LogP contribution is -2.38. The molecule has 19 heavy (non-hydrogen) atoms. The molecular weight excluding hydrogens is 252 g/mol. The minimum Gasteiger partial charge on any atom is -0.477 e. The van der Waals surface area contributed by atoms with Crippen LogP contribution in [0.5, 0.6) is 5.75 Å². The maximum atomic E-state index is 11.5. The summed E-state index contributed by atoms with van der Waals surface area (Å²) in [6.45, 7) is 1.89. The van der Waals surface area contributed by atoms with Crippen molar-refractivity contribution >= 4 is 11.6 Å². The van der Waals surface area contributed by atoms with Crippen LogP contribution in [0.4, 0.5) is 5.69 Å². The van der Waals surface area contributed by atoms with Gasteiger partial charge in [-0.25, -0.2) is 0 Å². The predicted octanol–water partition coefficient (Wildman–Crippen LogP) is 1.12. The first-order valence-corrected chi connectivity index (χ1v) is 5.69. The highest BCUT2D eigenvalue weighted by atomic mass is 16.6. The van der Waals surface area contributed by atoms with Crippen molar-refractivity contribution in [2.75, 3.05) is 20.3 Å². The number of nitro groups is 1. The van der Waals surface area contributed by atoms with Crippen LogP contribution in [0.25, 0.3) is 0 Å². The van der Waals surface area contributed by atoms with Gasteiger partial charge in [-0.1, -0.05) is 12.1 Å². The first-order chi connectivity index (χ1) is 9.04. The SMILES string of the molecule is COC[C@H](C)NC(=O)COc1ccccc1[N+](=O)[O-]. The highest BCUT2D eigenvalue weighted by Crippen LogP contribution is 2.25. The highest BCUT2D eigenvalue weighted by molar-refractivity contribution is 5.78. The van der Waals surface area contributed by atoms with Gasteiger partial charge in [-0.3, -0.25) is 14.9 Å². The largest absolute Gasteiger partial charge is 0.477 e. The quantitative estimate of drug-likeness (QED) is 0.591. The third-order valence-electron chi connectivity index (χ3n) is 2.24. The molecule has 1 amide bonds. The molecule has 0 unspecified atom stereocenters. The molecule has 0 spiro atoms. The molecule has 7 nitrogen and oxygen atoms in total. The van der Waals surface area contributed by atoms with Crippen LogP contribution in [0.15, 0.2) is 24.3 Å². The van der Waals surface area contributed by atoms with E-state index in [1.807, 2.05) is 0 Å².